The fourth-order valence-electron chi connectivity index (χ4n) is 2.89. The molecule has 1 aliphatic rings. The minimum Gasteiger partial charge on any atom is -0.465 e. The number of amides is 1. The van der Waals surface area contributed by atoms with Gasteiger partial charge in [-0.25, -0.2) is 4.79 Å². The Hall–Kier alpha value is -1.51. The largest absolute Gasteiger partial charge is 0.465 e. The van der Waals surface area contributed by atoms with E-state index in [-0.39, 0.29) is 11.6 Å². The van der Waals surface area contributed by atoms with E-state index in [0.29, 0.717) is 0 Å². The summed E-state index contributed by atoms with van der Waals surface area (Å²) >= 11 is 0. The Balaban J connectivity index is 2.24. The third-order valence-electron chi connectivity index (χ3n) is 3.61. The lowest BCUT2D eigenvalue weighted by Crippen LogP contribution is -2.52. The highest BCUT2D eigenvalue weighted by Crippen LogP contribution is 2.28. The molecule has 0 spiro atoms. The van der Waals surface area contributed by atoms with Crippen molar-refractivity contribution in [2.24, 2.45) is 0 Å². The minimum absolute atomic E-state index is 0.0948. The highest BCUT2D eigenvalue weighted by atomic mass is 16.4. The Morgan fingerprint density at radius 3 is 2.44 bits per heavy atom. The van der Waals surface area contributed by atoms with Crippen LogP contribution in [-0.2, 0) is 12.8 Å². The summed E-state index contributed by atoms with van der Waals surface area (Å²) in [6.07, 6.45) is 1.91. The van der Waals surface area contributed by atoms with Gasteiger partial charge in [-0.15, -0.1) is 0 Å². The molecular weight excluding hydrogens is 226 g/mol. The molecule has 0 bridgehead atoms. The van der Waals surface area contributed by atoms with Crippen molar-refractivity contribution in [3.05, 3.63) is 35.4 Å². The zero-order valence-corrected chi connectivity index (χ0v) is 11.3. The second-order valence-electron chi connectivity index (χ2n) is 5.99. The number of fused-ring (bicyclic) bond motifs is 1. The van der Waals surface area contributed by atoms with Crippen LogP contribution in [0.1, 0.15) is 38.3 Å². The van der Waals surface area contributed by atoms with E-state index in [1.165, 1.54) is 11.1 Å². The van der Waals surface area contributed by atoms with Crippen LogP contribution < -0.4 is 0 Å². The summed E-state index contributed by atoms with van der Waals surface area (Å²) in [5, 5.41) is 9.44. The van der Waals surface area contributed by atoms with Crippen molar-refractivity contribution in [1.29, 1.82) is 0 Å². The van der Waals surface area contributed by atoms with E-state index in [1.54, 1.807) is 4.90 Å². The van der Waals surface area contributed by atoms with Crippen LogP contribution in [0.3, 0.4) is 0 Å². The van der Waals surface area contributed by atoms with Gasteiger partial charge >= 0.3 is 6.09 Å². The molecule has 1 aromatic carbocycles. The molecule has 0 fully saturated rings. The smallest absolute Gasteiger partial charge is 0.407 e. The number of benzene rings is 1. The molecule has 1 atom stereocenters. The first-order chi connectivity index (χ1) is 8.39. The number of rotatable bonds is 1. The van der Waals surface area contributed by atoms with Gasteiger partial charge < -0.3 is 10.0 Å². The van der Waals surface area contributed by atoms with Gasteiger partial charge in [0.2, 0.25) is 0 Å². The quantitative estimate of drug-likeness (QED) is 0.827. The van der Waals surface area contributed by atoms with Crippen LogP contribution in [0.2, 0.25) is 0 Å². The van der Waals surface area contributed by atoms with E-state index in [0.717, 1.165) is 19.3 Å². The predicted molar refractivity (Wildman–Crippen MR) is 71.9 cm³/mol. The van der Waals surface area contributed by atoms with Crippen molar-refractivity contribution in [1.82, 2.24) is 4.90 Å². The number of carbonyl (C=O) groups is 1. The first kappa shape index (κ1) is 12.9. The van der Waals surface area contributed by atoms with Crippen molar-refractivity contribution in [3.63, 3.8) is 0 Å². The van der Waals surface area contributed by atoms with Gasteiger partial charge in [0.15, 0.2) is 0 Å². The Bertz CT molecular complexity index is 448. The maximum atomic E-state index is 11.5. The highest BCUT2D eigenvalue weighted by Gasteiger charge is 2.34. The van der Waals surface area contributed by atoms with Crippen molar-refractivity contribution in [2.75, 3.05) is 0 Å². The van der Waals surface area contributed by atoms with E-state index in [2.05, 4.69) is 18.2 Å². The first-order valence-electron chi connectivity index (χ1n) is 6.48. The van der Waals surface area contributed by atoms with E-state index in [1.807, 2.05) is 26.8 Å². The van der Waals surface area contributed by atoms with Gasteiger partial charge in [-0.3, -0.25) is 0 Å². The summed E-state index contributed by atoms with van der Waals surface area (Å²) in [6, 6.07) is 8.44. The maximum Gasteiger partial charge on any atom is 0.407 e. The van der Waals surface area contributed by atoms with Gasteiger partial charge in [0.25, 0.3) is 0 Å². The van der Waals surface area contributed by atoms with Crippen molar-refractivity contribution >= 4 is 6.09 Å². The molecule has 0 saturated heterocycles. The molecule has 1 unspecified atom stereocenters. The van der Waals surface area contributed by atoms with Gasteiger partial charge in [0.1, 0.15) is 0 Å². The molecule has 1 aromatic rings. The van der Waals surface area contributed by atoms with Gasteiger partial charge in [0.05, 0.1) is 0 Å². The number of hydrogen-bond donors (Lipinski definition) is 1. The van der Waals surface area contributed by atoms with Crippen LogP contribution in [0.25, 0.3) is 0 Å². The molecule has 0 radical (unpaired) electrons. The number of hydrogen-bond acceptors (Lipinski definition) is 1. The average Bonchev–Trinajstić information content (AvgIpc) is 2.26. The Morgan fingerprint density at radius 2 is 1.89 bits per heavy atom. The SMILES string of the molecule is CC(C)(C)N(C(=O)O)C1CCc2ccccc2C1. The Labute approximate surface area is 108 Å². The number of aryl methyl sites for hydroxylation is 1. The summed E-state index contributed by atoms with van der Waals surface area (Å²) in [6.45, 7) is 5.88. The van der Waals surface area contributed by atoms with Crippen LogP contribution >= 0.6 is 0 Å². The lowest BCUT2D eigenvalue weighted by atomic mass is 9.86. The molecule has 0 aromatic heterocycles. The summed E-state index contributed by atoms with van der Waals surface area (Å²) in [5.74, 6) is 0. The molecular formula is C15H21NO2. The monoisotopic (exact) mass is 247 g/mol. The summed E-state index contributed by atoms with van der Waals surface area (Å²) in [5.41, 5.74) is 2.32. The van der Waals surface area contributed by atoms with Gasteiger partial charge in [-0.1, -0.05) is 24.3 Å². The first-order valence-corrected chi connectivity index (χ1v) is 6.48. The Morgan fingerprint density at radius 1 is 1.28 bits per heavy atom. The zero-order chi connectivity index (χ0) is 13.3. The Kier molecular flexibility index (Phi) is 3.33. The summed E-state index contributed by atoms with van der Waals surface area (Å²) in [4.78, 5) is 13.1. The third kappa shape index (κ3) is 2.50. The van der Waals surface area contributed by atoms with E-state index < -0.39 is 6.09 Å². The number of carboxylic acid groups (broad SMARTS) is 1. The van der Waals surface area contributed by atoms with Crippen LogP contribution in [0.15, 0.2) is 24.3 Å². The molecule has 1 aliphatic carbocycles. The topological polar surface area (TPSA) is 40.5 Å². The molecule has 3 nitrogen and oxygen atoms in total. The van der Waals surface area contributed by atoms with Crippen LogP contribution in [0, 0.1) is 0 Å². The van der Waals surface area contributed by atoms with Gasteiger partial charge in [-0.05, 0) is 51.2 Å². The highest BCUT2D eigenvalue weighted by molar-refractivity contribution is 5.66. The third-order valence-corrected chi connectivity index (χ3v) is 3.61. The minimum atomic E-state index is -0.813. The molecule has 1 N–H and O–H groups in total. The van der Waals surface area contributed by atoms with Crippen LogP contribution in [-0.4, -0.2) is 27.7 Å². The fourth-order valence-corrected chi connectivity index (χ4v) is 2.89. The zero-order valence-electron chi connectivity index (χ0n) is 11.3. The van der Waals surface area contributed by atoms with E-state index in [9.17, 15) is 9.90 Å². The van der Waals surface area contributed by atoms with Crippen molar-refractivity contribution < 1.29 is 9.90 Å². The fraction of sp³-hybridized carbons (Fsp3) is 0.533. The number of nitrogens with zero attached hydrogens (tertiary/aromatic N) is 1. The molecule has 1 amide bonds. The van der Waals surface area contributed by atoms with Gasteiger partial charge in [0, 0.05) is 11.6 Å². The van der Waals surface area contributed by atoms with Crippen molar-refractivity contribution in [3.8, 4) is 0 Å². The second kappa shape index (κ2) is 4.63. The van der Waals surface area contributed by atoms with E-state index >= 15 is 0 Å². The van der Waals surface area contributed by atoms with Crippen molar-refractivity contribution in [2.45, 2.75) is 51.6 Å². The average molecular weight is 247 g/mol. The molecule has 18 heavy (non-hydrogen) atoms. The molecule has 0 heterocycles. The standard InChI is InChI=1S/C15H21NO2/c1-15(2,3)16(14(17)18)13-9-8-11-6-4-5-7-12(11)10-13/h4-7,13H,8-10H2,1-3H3,(H,17,18). The lowest BCUT2D eigenvalue weighted by molar-refractivity contribution is 0.0653. The summed E-state index contributed by atoms with van der Waals surface area (Å²) in [7, 11) is 0. The normalized spacial score (nSPS) is 19.2. The van der Waals surface area contributed by atoms with E-state index in [4.69, 9.17) is 0 Å². The molecule has 0 aliphatic heterocycles. The molecule has 2 rings (SSSR count). The lowest BCUT2D eigenvalue weighted by Gasteiger charge is -2.41. The second-order valence-corrected chi connectivity index (χ2v) is 5.99. The molecule has 0 saturated carbocycles. The predicted octanol–water partition coefficient (Wildman–Crippen LogP) is 3.32. The van der Waals surface area contributed by atoms with Crippen LogP contribution in [0.4, 0.5) is 4.79 Å². The van der Waals surface area contributed by atoms with Gasteiger partial charge in [-0.2, -0.15) is 0 Å². The van der Waals surface area contributed by atoms with Crippen LogP contribution in [0.5, 0.6) is 0 Å². The molecule has 3 heteroatoms. The summed E-state index contributed by atoms with van der Waals surface area (Å²) < 4.78 is 0. The maximum absolute atomic E-state index is 11.5. The molecule has 98 valence electrons.